The van der Waals surface area contributed by atoms with Gasteiger partial charge in [-0.3, -0.25) is 15.0 Å². The third-order valence-electron chi connectivity index (χ3n) is 4.15. The van der Waals surface area contributed by atoms with Gasteiger partial charge >= 0.3 is 5.97 Å². The van der Waals surface area contributed by atoms with Crippen molar-refractivity contribution < 1.29 is 29.0 Å². The van der Waals surface area contributed by atoms with Crippen LogP contribution in [0.5, 0.6) is 11.5 Å². The van der Waals surface area contributed by atoms with Crippen LogP contribution < -0.4 is 19.9 Å². The van der Waals surface area contributed by atoms with Crippen LogP contribution in [-0.4, -0.2) is 36.6 Å². The summed E-state index contributed by atoms with van der Waals surface area (Å²) in [7, 11) is 1.40. The highest BCUT2D eigenvalue weighted by atomic mass is 35.5. The lowest BCUT2D eigenvalue weighted by Gasteiger charge is -2.15. The van der Waals surface area contributed by atoms with Crippen molar-refractivity contribution in [1.82, 2.24) is 5.43 Å². The first-order chi connectivity index (χ1) is 13.8. The molecule has 1 aliphatic rings. The van der Waals surface area contributed by atoms with Gasteiger partial charge < -0.3 is 14.6 Å². The Labute approximate surface area is 171 Å². The zero-order chi connectivity index (χ0) is 21.1. The van der Waals surface area contributed by atoms with Crippen LogP contribution in [0, 0.1) is 6.92 Å². The van der Waals surface area contributed by atoms with E-state index in [9.17, 15) is 14.4 Å². The van der Waals surface area contributed by atoms with Crippen molar-refractivity contribution in [3.63, 3.8) is 0 Å². The number of methoxy groups -OCH3 is 1. The summed E-state index contributed by atoms with van der Waals surface area (Å²) in [6, 6.07) is 9.65. The molecule has 8 nitrogen and oxygen atoms in total. The maximum atomic E-state index is 12.7. The monoisotopic (exact) mass is 416 g/mol. The highest BCUT2D eigenvalue weighted by Gasteiger charge is 2.34. The van der Waals surface area contributed by atoms with Gasteiger partial charge in [0.25, 0.3) is 11.8 Å². The van der Waals surface area contributed by atoms with Gasteiger partial charge in [-0.25, -0.2) is 9.80 Å². The molecule has 2 aromatic rings. The molecular formula is C20H17ClN2O6. The first-order valence-electron chi connectivity index (χ1n) is 8.46. The van der Waals surface area contributed by atoms with Crippen LogP contribution in [0.25, 0.3) is 6.08 Å². The van der Waals surface area contributed by atoms with Crippen LogP contribution in [0.4, 0.5) is 5.69 Å². The summed E-state index contributed by atoms with van der Waals surface area (Å²) in [6.45, 7) is 1.31. The molecule has 0 unspecified atom stereocenters. The minimum absolute atomic E-state index is 0.0667. The summed E-state index contributed by atoms with van der Waals surface area (Å²) in [5, 5.41) is 10.3. The van der Waals surface area contributed by atoms with Crippen molar-refractivity contribution >= 4 is 41.1 Å². The molecule has 2 N–H and O–H groups in total. The molecule has 2 amide bonds. The number of carboxylic acids is 1. The predicted octanol–water partition coefficient (Wildman–Crippen LogP) is 2.58. The van der Waals surface area contributed by atoms with Gasteiger partial charge in [-0.05, 0) is 48.4 Å². The number of nitrogens with zero attached hydrogens (tertiary/aromatic N) is 1. The van der Waals surface area contributed by atoms with E-state index in [1.165, 1.54) is 25.3 Å². The van der Waals surface area contributed by atoms with Crippen LogP contribution in [-0.2, 0) is 14.4 Å². The third kappa shape index (κ3) is 4.33. The predicted molar refractivity (Wildman–Crippen MR) is 106 cm³/mol. The summed E-state index contributed by atoms with van der Waals surface area (Å²) >= 11 is 6.11. The smallest absolute Gasteiger partial charge is 0.341 e. The fourth-order valence-electron chi connectivity index (χ4n) is 2.66. The maximum absolute atomic E-state index is 12.7. The van der Waals surface area contributed by atoms with E-state index < -0.39 is 24.4 Å². The van der Waals surface area contributed by atoms with Crippen molar-refractivity contribution in [1.29, 1.82) is 0 Å². The van der Waals surface area contributed by atoms with Crippen molar-refractivity contribution in [3.05, 3.63) is 58.1 Å². The van der Waals surface area contributed by atoms with E-state index in [0.29, 0.717) is 16.3 Å². The minimum atomic E-state index is -1.12. The molecule has 0 atom stereocenters. The fourth-order valence-corrected chi connectivity index (χ4v) is 2.83. The van der Waals surface area contributed by atoms with Crippen LogP contribution in [0.2, 0.25) is 5.02 Å². The number of carbonyl (C=O) groups excluding carboxylic acids is 2. The van der Waals surface area contributed by atoms with Gasteiger partial charge in [0.15, 0.2) is 18.1 Å². The number of hydrogen-bond acceptors (Lipinski definition) is 5. The molecule has 29 heavy (non-hydrogen) atoms. The first-order valence-corrected chi connectivity index (χ1v) is 8.84. The molecule has 1 saturated heterocycles. The second-order valence-corrected chi connectivity index (χ2v) is 6.57. The van der Waals surface area contributed by atoms with E-state index >= 15 is 0 Å². The average molecular weight is 417 g/mol. The highest BCUT2D eigenvalue weighted by Crippen LogP contribution is 2.30. The molecule has 0 aliphatic carbocycles. The van der Waals surface area contributed by atoms with Gasteiger partial charge in [0, 0.05) is 5.02 Å². The lowest BCUT2D eigenvalue weighted by atomic mass is 10.1. The number of aliphatic carboxylic acids is 1. The topological polar surface area (TPSA) is 105 Å². The summed E-state index contributed by atoms with van der Waals surface area (Å²) in [4.78, 5) is 35.7. The SMILES string of the molecule is COc1cc(C=C2C(=O)NN(c3ccc(C)c(Cl)c3)C2=O)ccc1OCC(=O)O. The van der Waals surface area contributed by atoms with Gasteiger partial charge in [-0.2, -0.15) is 0 Å². The van der Waals surface area contributed by atoms with Gasteiger partial charge in [0.05, 0.1) is 12.8 Å². The number of carboxylic acid groups (broad SMARTS) is 1. The van der Waals surface area contributed by atoms with E-state index in [0.717, 1.165) is 10.6 Å². The molecule has 1 heterocycles. The average Bonchev–Trinajstić information content (AvgIpc) is 2.97. The standard InChI is InChI=1S/C20H17ClN2O6/c1-11-3-5-13(9-15(11)21)23-20(27)14(19(26)22-23)7-12-4-6-16(17(8-12)28-2)29-10-18(24)25/h3-9H,10H2,1-2H3,(H,22,26)(H,24,25). The number of aryl methyl sites for hydroxylation is 1. The number of amides is 2. The van der Waals surface area contributed by atoms with Crippen molar-refractivity contribution in [2.24, 2.45) is 0 Å². The van der Waals surface area contributed by atoms with E-state index in [4.69, 9.17) is 26.2 Å². The Morgan fingerprint density at radius 2 is 1.97 bits per heavy atom. The quantitative estimate of drug-likeness (QED) is 0.554. The van der Waals surface area contributed by atoms with Crippen molar-refractivity contribution in [3.8, 4) is 11.5 Å². The molecule has 150 valence electrons. The molecule has 2 aromatic carbocycles. The van der Waals surface area contributed by atoms with Gasteiger partial charge in [0.1, 0.15) is 5.57 Å². The molecule has 0 spiro atoms. The van der Waals surface area contributed by atoms with Gasteiger partial charge in [0.2, 0.25) is 0 Å². The third-order valence-corrected chi connectivity index (χ3v) is 4.56. The maximum Gasteiger partial charge on any atom is 0.341 e. The Kier molecular flexibility index (Phi) is 5.74. The normalized spacial score (nSPS) is 14.9. The zero-order valence-electron chi connectivity index (χ0n) is 15.6. The fraction of sp³-hybridized carbons (Fsp3) is 0.150. The summed E-state index contributed by atoms with van der Waals surface area (Å²) in [5.41, 5.74) is 4.24. The van der Waals surface area contributed by atoms with Crippen LogP contribution >= 0.6 is 11.6 Å². The molecule has 9 heteroatoms. The van der Waals surface area contributed by atoms with E-state index in [1.807, 2.05) is 6.92 Å². The van der Waals surface area contributed by atoms with Crippen LogP contribution in [0.15, 0.2) is 42.0 Å². The Hall–Kier alpha value is -3.52. The molecule has 0 bridgehead atoms. The summed E-state index contributed by atoms with van der Waals surface area (Å²) < 4.78 is 10.3. The summed E-state index contributed by atoms with van der Waals surface area (Å²) in [6.07, 6.45) is 1.41. The molecule has 0 aromatic heterocycles. The minimum Gasteiger partial charge on any atom is -0.493 e. The highest BCUT2D eigenvalue weighted by molar-refractivity contribution is 6.33. The number of hydrogen-bond donors (Lipinski definition) is 2. The van der Waals surface area contributed by atoms with E-state index in [2.05, 4.69) is 5.43 Å². The Balaban J connectivity index is 1.87. The van der Waals surface area contributed by atoms with Crippen molar-refractivity contribution in [2.45, 2.75) is 6.92 Å². The molecule has 3 rings (SSSR count). The van der Waals surface area contributed by atoms with Crippen LogP contribution in [0.1, 0.15) is 11.1 Å². The number of anilines is 1. The first kappa shape index (κ1) is 20.2. The van der Waals surface area contributed by atoms with E-state index in [-0.39, 0.29) is 17.1 Å². The molecule has 1 aliphatic heterocycles. The van der Waals surface area contributed by atoms with Gasteiger partial charge in [-0.1, -0.05) is 23.7 Å². The zero-order valence-corrected chi connectivity index (χ0v) is 16.3. The molecule has 0 saturated carbocycles. The number of carbonyl (C=O) groups is 3. The number of ether oxygens (including phenoxy) is 2. The van der Waals surface area contributed by atoms with E-state index in [1.54, 1.807) is 24.3 Å². The van der Waals surface area contributed by atoms with Crippen molar-refractivity contribution in [2.75, 3.05) is 18.7 Å². The Morgan fingerprint density at radius 1 is 1.21 bits per heavy atom. The molecular weight excluding hydrogens is 400 g/mol. The number of hydrazine groups is 1. The number of rotatable bonds is 6. The molecule has 0 radical (unpaired) electrons. The lowest BCUT2D eigenvalue weighted by Crippen LogP contribution is -2.35. The number of halogens is 1. The van der Waals surface area contributed by atoms with Gasteiger partial charge in [-0.15, -0.1) is 0 Å². The van der Waals surface area contributed by atoms with Crippen LogP contribution in [0.3, 0.4) is 0 Å². The lowest BCUT2D eigenvalue weighted by molar-refractivity contribution is -0.139. The second kappa shape index (κ2) is 8.24. The molecule has 1 fully saturated rings. The Bertz CT molecular complexity index is 1030. The number of benzene rings is 2. The largest absolute Gasteiger partial charge is 0.493 e. The summed E-state index contributed by atoms with van der Waals surface area (Å²) in [5.74, 6) is -1.71. The Morgan fingerprint density at radius 3 is 2.62 bits per heavy atom. The number of nitrogens with one attached hydrogen (secondary N) is 1. The second-order valence-electron chi connectivity index (χ2n) is 6.17.